The van der Waals surface area contributed by atoms with Gasteiger partial charge in [0.2, 0.25) is 0 Å². The zero-order chi connectivity index (χ0) is 22.2. The summed E-state index contributed by atoms with van der Waals surface area (Å²) in [6, 6.07) is 24.6. The van der Waals surface area contributed by atoms with Crippen molar-refractivity contribution in [1.29, 1.82) is 0 Å². The van der Waals surface area contributed by atoms with E-state index in [1.54, 1.807) is 32.1 Å². The predicted octanol–water partition coefficient (Wildman–Crippen LogP) is 3.09. The fraction of sp³-hybridized carbons (Fsp3) is 0.160. The highest BCUT2D eigenvalue weighted by molar-refractivity contribution is 6.09. The molecule has 3 aromatic carbocycles. The van der Waals surface area contributed by atoms with Crippen LogP contribution in [0.3, 0.4) is 0 Å². The highest BCUT2D eigenvalue weighted by Crippen LogP contribution is 2.40. The lowest BCUT2D eigenvalue weighted by Gasteiger charge is -2.26. The Morgan fingerprint density at radius 2 is 1.52 bits per heavy atom. The third-order valence-electron chi connectivity index (χ3n) is 5.56. The van der Waals surface area contributed by atoms with Crippen LogP contribution in [0.4, 0.5) is 0 Å². The molecular formula is C25H24N4O2. The molecule has 0 aliphatic carbocycles. The zero-order valence-corrected chi connectivity index (χ0v) is 17.7. The summed E-state index contributed by atoms with van der Waals surface area (Å²) in [5.74, 6) is -0.0913. The number of nitrogens with two attached hydrogens (primary N) is 1. The van der Waals surface area contributed by atoms with Gasteiger partial charge in [-0.1, -0.05) is 60.7 Å². The predicted molar refractivity (Wildman–Crippen MR) is 122 cm³/mol. The topological polar surface area (TPSA) is 79.0 Å². The number of guanidine groups is 1. The van der Waals surface area contributed by atoms with Crippen molar-refractivity contribution in [2.75, 3.05) is 21.1 Å². The largest absolute Gasteiger partial charge is 0.369 e. The quantitative estimate of drug-likeness (QED) is 0.715. The van der Waals surface area contributed by atoms with Crippen LogP contribution in [0, 0.1) is 0 Å². The van der Waals surface area contributed by atoms with Crippen LogP contribution in [-0.2, 0) is 10.3 Å². The number of hydrogen-bond acceptors (Lipinski definition) is 4. The number of carbonyl (C=O) groups is 2. The second kappa shape index (κ2) is 7.72. The molecule has 4 rings (SSSR count). The number of hydrogen-bond donors (Lipinski definition) is 1. The van der Waals surface area contributed by atoms with E-state index in [9.17, 15) is 9.59 Å². The van der Waals surface area contributed by atoms with Gasteiger partial charge in [-0.3, -0.25) is 14.5 Å². The first kappa shape index (κ1) is 20.3. The van der Waals surface area contributed by atoms with Gasteiger partial charge in [-0.05, 0) is 40.5 Å². The molecule has 1 aliphatic heterocycles. The monoisotopic (exact) mass is 412 g/mol. The Hall–Kier alpha value is -3.93. The maximum atomic E-state index is 13.4. The number of carbonyl (C=O) groups excluding carboxylic acids is 2. The SMILES string of the molecule is CN(C)C(=O)c1cccc(-c2cccc(C3(c4ccccc4)N=C(N)N(C)C3=O)c2)c1. The summed E-state index contributed by atoms with van der Waals surface area (Å²) in [7, 11) is 5.08. The van der Waals surface area contributed by atoms with Crippen LogP contribution < -0.4 is 5.73 Å². The Bertz CT molecular complexity index is 1190. The van der Waals surface area contributed by atoms with Gasteiger partial charge >= 0.3 is 0 Å². The number of benzene rings is 3. The molecule has 2 N–H and O–H groups in total. The zero-order valence-electron chi connectivity index (χ0n) is 17.7. The van der Waals surface area contributed by atoms with Crippen LogP contribution in [0.25, 0.3) is 11.1 Å². The average molecular weight is 412 g/mol. The Balaban J connectivity index is 1.86. The van der Waals surface area contributed by atoms with E-state index in [0.29, 0.717) is 5.56 Å². The molecule has 1 atom stereocenters. The fourth-order valence-corrected chi connectivity index (χ4v) is 3.88. The van der Waals surface area contributed by atoms with Crippen molar-refractivity contribution in [3.8, 4) is 11.1 Å². The number of rotatable bonds is 4. The van der Waals surface area contributed by atoms with E-state index in [2.05, 4.69) is 4.99 Å². The Morgan fingerprint density at radius 1 is 0.903 bits per heavy atom. The molecule has 0 radical (unpaired) electrons. The van der Waals surface area contributed by atoms with E-state index < -0.39 is 5.54 Å². The van der Waals surface area contributed by atoms with E-state index in [0.717, 1.165) is 22.3 Å². The van der Waals surface area contributed by atoms with Crippen molar-refractivity contribution in [2.45, 2.75) is 5.54 Å². The molecule has 6 heteroatoms. The van der Waals surface area contributed by atoms with Crippen molar-refractivity contribution in [3.05, 3.63) is 95.6 Å². The summed E-state index contributed by atoms with van der Waals surface area (Å²) < 4.78 is 0. The van der Waals surface area contributed by atoms with Crippen molar-refractivity contribution in [1.82, 2.24) is 9.80 Å². The molecule has 0 aromatic heterocycles. The molecule has 1 aliphatic rings. The summed E-state index contributed by atoms with van der Waals surface area (Å²) >= 11 is 0. The third-order valence-corrected chi connectivity index (χ3v) is 5.56. The van der Waals surface area contributed by atoms with E-state index in [-0.39, 0.29) is 17.8 Å². The molecule has 0 saturated carbocycles. The number of likely N-dealkylation sites (N-methyl/N-ethyl adjacent to an activating group) is 1. The van der Waals surface area contributed by atoms with Crippen LogP contribution in [-0.4, -0.2) is 48.7 Å². The van der Waals surface area contributed by atoms with Gasteiger partial charge in [-0.2, -0.15) is 0 Å². The Labute approximate surface area is 181 Å². The maximum absolute atomic E-state index is 13.4. The third kappa shape index (κ3) is 3.36. The van der Waals surface area contributed by atoms with Gasteiger partial charge in [0, 0.05) is 26.7 Å². The van der Waals surface area contributed by atoms with Gasteiger partial charge in [0.1, 0.15) is 0 Å². The summed E-state index contributed by atoms with van der Waals surface area (Å²) in [4.78, 5) is 33.4. The van der Waals surface area contributed by atoms with E-state index in [1.807, 2.05) is 72.8 Å². The number of amides is 2. The first-order valence-electron chi connectivity index (χ1n) is 9.96. The lowest BCUT2D eigenvalue weighted by molar-refractivity contribution is -0.129. The number of aliphatic imine (C=N–C) groups is 1. The minimum Gasteiger partial charge on any atom is -0.369 e. The van der Waals surface area contributed by atoms with Gasteiger partial charge < -0.3 is 10.6 Å². The highest BCUT2D eigenvalue weighted by Gasteiger charge is 2.49. The van der Waals surface area contributed by atoms with Crippen molar-refractivity contribution >= 4 is 17.8 Å². The van der Waals surface area contributed by atoms with Gasteiger partial charge in [0.15, 0.2) is 11.5 Å². The smallest absolute Gasteiger partial charge is 0.266 e. The van der Waals surface area contributed by atoms with Crippen LogP contribution in [0.1, 0.15) is 21.5 Å². The van der Waals surface area contributed by atoms with Crippen molar-refractivity contribution in [3.63, 3.8) is 0 Å². The Kier molecular flexibility index (Phi) is 5.07. The summed E-state index contributed by atoms with van der Waals surface area (Å²) in [6.07, 6.45) is 0. The van der Waals surface area contributed by atoms with Crippen LogP contribution in [0.5, 0.6) is 0 Å². The van der Waals surface area contributed by atoms with Crippen molar-refractivity contribution in [2.24, 2.45) is 10.7 Å². The van der Waals surface area contributed by atoms with E-state index in [1.165, 1.54) is 4.90 Å². The molecule has 2 amide bonds. The van der Waals surface area contributed by atoms with Gasteiger partial charge in [0.05, 0.1) is 0 Å². The van der Waals surface area contributed by atoms with Crippen LogP contribution >= 0.6 is 0 Å². The van der Waals surface area contributed by atoms with Crippen LogP contribution in [0.15, 0.2) is 83.9 Å². The molecule has 156 valence electrons. The van der Waals surface area contributed by atoms with Crippen LogP contribution in [0.2, 0.25) is 0 Å². The molecule has 31 heavy (non-hydrogen) atoms. The summed E-state index contributed by atoms with van der Waals surface area (Å²) in [5.41, 5.74) is 8.66. The first-order chi connectivity index (χ1) is 14.8. The van der Waals surface area contributed by atoms with Crippen molar-refractivity contribution < 1.29 is 9.59 Å². The van der Waals surface area contributed by atoms with Gasteiger partial charge in [-0.15, -0.1) is 0 Å². The first-order valence-corrected chi connectivity index (χ1v) is 9.96. The van der Waals surface area contributed by atoms with E-state index in [4.69, 9.17) is 5.73 Å². The number of nitrogens with zero attached hydrogens (tertiary/aromatic N) is 3. The fourth-order valence-electron chi connectivity index (χ4n) is 3.88. The standard InChI is InChI=1S/C25H24N4O2/c1-28(2)22(30)19-11-7-9-17(15-19)18-10-8-14-21(16-18)25(20-12-5-4-6-13-20)23(31)29(3)24(26)27-25/h4-16H,1-3H3,(H2,26,27). The molecule has 0 saturated heterocycles. The molecule has 1 unspecified atom stereocenters. The summed E-state index contributed by atoms with van der Waals surface area (Å²) in [5, 5.41) is 0. The van der Waals surface area contributed by atoms with E-state index >= 15 is 0 Å². The molecule has 6 nitrogen and oxygen atoms in total. The molecule has 1 heterocycles. The lowest BCUT2D eigenvalue weighted by atomic mass is 9.81. The second-order valence-electron chi connectivity index (χ2n) is 7.77. The minimum atomic E-state index is -1.24. The Morgan fingerprint density at radius 3 is 2.13 bits per heavy atom. The average Bonchev–Trinajstić information content (AvgIpc) is 3.04. The minimum absolute atomic E-state index is 0.0660. The maximum Gasteiger partial charge on any atom is 0.266 e. The lowest BCUT2D eigenvalue weighted by Crippen LogP contribution is -2.41. The van der Waals surface area contributed by atoms with Gasteiger partial charge in [0.25, 0.3) is 11.8 Å². The summed E-state index contributed by atoms with van der Waals surface area (Å²) in [6.45, 7) is 0. The second-order valence-corrected chi connectivity index (χ2v) is 7.77. The normalized spacial score (nSPS) is 18.1. The highest BCUT2D eigenvalue weighted by atomic mass is 16.2. The molecule has 0 fully saturated rings. The molecule has 0 spiro atoms. The molecular weight excluding hydrogens is 388 g/mol. The molecule has 0 bridgehead atoms. The van der Waals surface area contributed by atoms with Gasteiger partial charge in [-0.25, -0.2) is 4.99 Å². The molecule has 3 aromatic rings.